The Balaban J connectivity index is 4.26. The maximum atomic E-state index is 11.1. The molecule has 0 aliphatic heterocycles. The molecule has 0 bridgehead atoms. The summed E-state index contributed by atoms with van der Waals surface area (Å²) in [5, 5.41) is 0. The third kappa shape index (κ3) is 4.77. The van der Waals surface area contributed by atoms with Crippen LogP contribution in [0.1, 0.15) is 27.2 Å². The van der Waals surface area contributed by atoms with Crippen LogP contribution in [0.4, 0.5) is 0 Å². The van der Waals surface area contributed by atoms with Crippen molar-refractivity contribution in [1.29, 1.82) is 0 Å². The van der Waals surface area contributed by atoms with Crippen molar-refractivity contribution >= 4 is 46.5 Å². The van der Waals surface area contributed by atoms with Gasteiger partial charge in [0.05, 0.1) is 0 Å². The first-order valence-corrected chi connectivity index (χ1v) is 13.2. The van der Waals surface area contributed by atoms with Crippen molar-refractivity contribution in [3.8, 4) is 0 Å². The molecule has 0 spiro atoms. The molecule has 0 rings (SSSR count). The Kier molecular flexibility index (Phi) is 5.45. The SMILES string of the molecule is CCOC(=O)C[C](C)(C)[Ge]([Cl])([Cl])[Cl]. The van der Waals surface area contributed by atoms with Gasteiger partial charge in [-0.2, -0.15) is 0 Å². The first-order chi connectivity index (χ1) is 5.70. The van der Waals surface area contributed by atoms with Crippen LogP contribution in [0.25, 0.3) is 0 Å². The molecule has 0 aliphatic carbocycles. The Bertz CT molecular complexity index is 189. The van der Waals surface area contributed by atoms with E-state index in [2.05, 4.69) is 0 Å². The molecule has 0 saturated carbocycles. The summed E-state index contributed by atoms with van der Waals surface area (Å²) in [6.07, 6.45) is 0.178. The van der Waals surface area contributed by atoms with Gasteiger partial charge < -0.3 is 0 Å². The second kappa shape index (κ2) is 5.10. The molecule has 0 heterocycles. The summed E-state index contributed by atoms with van der Waals surface area (Å²) in [5.41, 5.74) is 0. The summed E-state index contributed by atoms with van der Waals surface area (Å²) in [6, 6.07) is 0. The number of carbonyl (C=O) groups is 1. The number of carbonyl (C=O) groups excluding carboxylic acids is 1. The monoisotopic (exact) mass is 308 g/mol. The van der Waals surface area contributed by atoms with Gasteiger partial charge in [-0.3, -0.25) is 0 Å². The van der Waals surface area contributed by atoms with Gasteiger partial charge >= 0.3 is 94.1 Å². The van der Waals surface area contributed by atoms with Crippen molar-refractivity contribution in [2.45, 2.75) is 31.4 Å². The van der Waals surface area contributed by atoms with Crippen LogP contribution in [0, 0.1) is 0 Å². The first-order valence-electron chi connectivity index (χ1n) is 3.93. The number of ether oxygens (including phenoxy) is 1. The van der Waals surface area contributed by atoms with Crippen molar-refractivity contribution in [3.05, 3.63) is 0 Å². The Labute approximate surface area is 93.8 Å². The topological polar surface area (TPSA) is 26.3 Å². The molecule has 6 heteroatoms. The summed E-state index contributed by atoms with van der Waals surface area (Å²) in [6.45, 7) is 5.69. The molecule has 0 N–H and O–H groups in total. The summed E-state index contributed by atoms with van der Waals surface area (Å²) >= 11 is 0. The molecule has 0 radical (unpaired) electrons. The third-order valence-corrected chi connectivity index (χ3v) is 13.2. The molecule has 0 atom stereocenters. The van der Waals surface area contributed by atoms with Crippen LogP contribution >= 0.6 is 30.0 Å². The van der Waals surface area contributed by atoms with Gasteiger partial charge in [0.1, 0.15) is 0 Å². The Hall–Kier alpha value is 0.883. The number of hydrogen-bond acceptors (Lipinski definition) is 2. The molecule has 13 heavy (non-hydrogen) atoms. The quantitative estimate of drug-likeness (QED) is 0.588. The van der Waals surface area contributed by atoms with Crippen LogP contribution < -0.4 is 0 Å². The first kappa shape index (κ1) is 13.9. The average Bonchev–Trinajstić information content (AvgIpc) is 1.83. The zero-order chi connectivity index (χ0) is 10.7. The van der Waals surface area contributed by atoms with E-state index in [1.54, 1.807) is 20.8 Å². The number of rotatable bonds is 4. The van der Waals surface area contributed by atoms with Crippen LogP contribution in [0.2, 0.25) is 4.25 Å². The maximum absolute atomic E-state index is 11.1. The van der Waals surface area contributed by atoms with Crippen molar-refractivity contribution in [3.63, 3.8) is 0 Å². The minimum atomic E-state index is -3.35. The van der Waals surface area contributed by atoms with Gasteiger partial charge in [-0.05, 0) is 0 Å². The molecule has 78 valence electrons. The van der Waals surface area contributed by atoms with Gasteiger partial charge in [0.15, 0.2) is 0 Å². The van der Waals surface area contributed by atoms with Gasteiger partial charge in [-0.1, -0.05) is 0 Å². The van der Waals surface area contributed by atoms with Crippen LogP contribution in [-0.2, 0) is 9.53 Å². The second-order valence-electron chi connectivity index (χ2n) is 3.36. The Morgan fingerprint density at radius 3 is 2.15 bits per heavy atom. The van der Waals surface area contributed by atoms with E-state index in [1.807, 2.05) is 0 Å². The van der Waals surface area contributed by atoms with Crippen molar-refractivity contribution in [2.24, 2.45) is 0 Å². The normalized spacial score (nSPS) is 12.8. The number of esters is 1. The number of hydrogen-bond donors (Lipinski definition) is 0. The predicted octanol–water partition coefficient (Wildman–Crippen LogP) is 3.38. The van der Waals surface area contributed by atoms with Gasteiger partial charge in [0, 0.05) is 0 Å². The molecule has 0 aliphatic rings. The summed E-state index contributed by atoms with van der Waals surface area (Å²) in [4.78, 5) is 11.1. The molecule has 0 aromatic rings. The molecule has 0 aromatic carbocycles. The molecule has 0 amide bonds. The molecule has 0 fully saturated rings. The zero-order valence-electron chi connectivity index (χ0n) is 7.86. The van der Waals surface area contributed by atoms with Crippen LogP contribution in [0.5, 0.6) is 0 Å². The molecular formula is C7H13Cl3GeO2. The number of halogens is 3. The van der Waals surface area contributed by atoms with Gasteiger partial charge in [0.25, 0.3) is 0 Å². The van der Waals surface area contributed by atoms with E-state index in [1.165, 1.54) is 0 Å². The van der Waals surface area contributed by atoms with E-state index >= 15 is 0 Å². The van der Waals surface area contributed by atoms with Crippen molar-refractivity contribution < 1.29 is 9.53 Å². The minimum absolute atomic E-state index is 0.178. The summed E-state index contributed by atoms with van der Waals surface area (Å²) in [5.74, 6) is -0.301. The second-order valence-corrected chi connectivity index (χ2v) is 20.1. The van der Waals surface area contributed by atoms with Gasteiger partial charge in [0.2, 0.25) is 0 Å². The van der Waals surface area contributed by atoms with Crippen molar-refractivity contribution in [2.75, 3.05) is 6.61 Å². The fourth-order valence-electron chi connectivity index (χ4n) is 0.673. The van der Waals surface area contributed by atoms with E-state index in [4.69, 9.17) is 34.8 Å². The van der Waals surface area contributed by atoms with E-state index < -0.39 is 14.7 Å². The summed E-state index contributed by atoms with van der Waals surface area (Å²) in [7, 11) is 14.3. The fourth-order valence-corrected chi connectivity index (χ4v) is 2.44. The molecular weight excluding hydrogens is 295 g/mol. The van der Waals surface area contributed by atoms with Crippen molar-refractivity contribution in [1.82, 2.24) is 0 Å². The average molecular weight is 308 g/mol. The summed E-state index contributed by atoms with van der Waals surface area (Å²) < 4.78 is 4.26. The van der Waals surface area contributed by atoms with E-state index in [9.17, 15) is 4.79 Å². The predicted molar refractivity (Wildman–Crippen MR) is 58.6 cm³/mol. The third-order valence-electron chi connectivity index (χ3n) is 1.66. The Morgan fingerprint density at radius 1 is 1.38 bits per heavy atom. The van der Waals surface area contributed by atoms with E-state index in [-0.39, 0.29) is 12.4 Å². The van der Waals surface area contributed by atoms with Crippen LogP contribution in [-0.4, -0.2) is 23.1 Å². The molecule has 0 unspecified atom stereocenters. The van der Waals surface area contributed by atoms with Gasteiger partial charge in [-0.15, -0.1) is 0 Å². The van der Waals surface area contributed by atoms with E-state index in [0.29, 0.717) is 6.61 Å². The molecule has 0 saturated heterocycles. The van der Waals surface area contributed by atoms with E-state index in [0.717, 1.165) is 0 Å². The fraction of sp³-hybridized carbons (Fsp3) is 0.857. The molecule has 2 nitrogen and oxygen atoms in total. The van der Waals surface area contributed by atoms with Crippen LogP contribution in [0.3, 0.4) is 0 Å². The van der Waals surface area contributed by atoms with Crippen LogP contribution in [0.15, 0.2) is 0 Å². The molecule has 0 aromatic heterocycles. The standard InChI is InChI=1S/C7H13Cl3GeO2/c1-4-13-6(12)5-7(2,3)11(8,9)10/h4-5H2,1-3H3. The zero-order valence-corrected chi connectivity index (χ0v) is 12.2. The Morgan fingerprint density at radius 2 is 1.85 bits per heavy atom. The van der Waals surface area contributed by atoms with Gasteiger partial charge in [-0.25, -0.2) is 0 Å².